The summed E-state index contributed by atoms with van der Waals surface area (Å²) in [5, 5.41) is 9.96. The molecule has 1 aromatic rings. The lowest BCUT2D eigenvalue weighted by atomic mass is 9.93. The molecule has 1 aromatic carbocycles. The summed E-state index contributed by atoms with van der Waals surface area (Å²) in [5.41, 5.74) is 1.24. The largest absolute Gasteiger partial charge is 0.508 e. The maximum Gasteiger partial charge on any atom is 0.274 e. The number of benzene rings is 1. The second kappa shape index (κ2) is 3.35. The van der Waals surface area contributed by atoms with Crippen molar-refractivity contribution in [3.05, 3.63) is 53.8 Å². The van der Waals surface area contributed by atoms with Crippen molar-refractivity contribution in [2.75, 3.05) is 0 Å². The molecule has 2 heterocycles. The first-order valence-electron chi connectivity index (χ1n) is 6.28. The maximum absolute atomic E-state index is 12.4. The number of phenolic OH excluding ortho intramolecular Hbond substituents is 1. The van der Waals surface area contributed by atoms with Crippen LogP contribution in [0.4, 0.5) is 0 Å². The fourth-order valence-electron chi connectivity index (χ4n) is 3.18. The third-order valence-electron chi connectivity index (χ3n) is 4.11. The fourth-order valence-corrected chi connectivity index (χ4v) is 3.18. The Morgan fingerprint density at radius 3 is 3.00 bits per heavy atom. The van der Waals surface area contributed by atoms with E-state index in [-0.39, 0.29) is 11.7 Å². The molecule has 0 aromatic heterocycles. The van der Waals surface area contributed by atoms with E-state index in [1.54, 1.807) is 6.07 Å². The lowest BCUT2D eigenvalue weighted by Gasteiger charge is -2.32. The summed E-state index contributed by atoms with van der Waals surface area (Å²) < 4.78 is 0. The minimum absolute atomic E-state index is 0.116. The van der Waals surface area contributed by atoms with Gasteiger partial charge in [0.2, 0.25) is 0 Å². The van der Waals surface area contributed by atoms with Crippen LogP contribution in [0.2, 0.25) is 0 Å². The highest BCUT2D eigenvalue weighted by molar-refractivity contribution is 6.12. The number of phenols is 1. The predicted octanol–water partition coefficient (Wildman–Crippen LogP) is 1.55. The molecule has 1 spiro atoms. The summed E-state index contributed by atoms with van der Waals surface area (Å²) in [7, 11) is 0. The van der Waals surface area contributed by atoms with Crippen LogP contribution in [0.25, 0.3) is 0 Å². The number of nitrogens with zero attached hydrogens (tertiary/aromatic N) is 2. The van der Waals surface area contributed by atoms with Crippen molar-refractivity contribution in [2.45, 2.75) is 18.4 Å². The van der Waals surface area contributed by atoms with Gasteiger partial charge in [-0.2, -0.15) is 4.99 Å². The number of fused-ring (bicyclic) bond motifs is 3. The molecule has 0 fully saturated rings. The fraction of sp³-hybridized carbons (Fsp3) is 0.200. The first kappa shape index (κ1) is 10.6. The molecule has 1 unspecified atom stereocenters. The molecule has 0 saturated carbocycles. The van der Waals surface area contributed by atoms with E-state index >= 15 is 0 Å². The Hall–Kier alpha value is -2.36. The van der Waals surface area contributed by atoms with Gasteiger partial charge in [-0.3, -0.25) is 4.79 Å². The highest BCUT2D eigenvalue weighted by Gasteiger charge is 2.53. The second-order valence-corrected chi connectivity index (χ2v) is 5.15. The molecule has 4 heteroatoms. The van der Waals surface area contributed by atoms with Gasteiger partial charge in [0.1, 0.15) is 17.1 Å². The zero-order valence-electron chi connectivity index (χ0n) is 10.2. The van der Waals surface area contributed by atoms with E-state index in [0.717, 1.165) is 11.1 Å². The average molecular weight is 252 g/mol. The van der Waals surface area contributed by atoms with E-state index in [0.29, 0.717) is 18.7 Å². The SMILES string of the molecule is O=C1N=C2C=CC=CN2C12Cc1cccc(O)c1C2. The van der Waals surface area contributed by atoms with E-state index in [2.05, 4.69) is 4.99 Å². The number of allylic oxidation sites excluding steroid dienone is 2. The minimum atomic E-state index is -0.669. The van der Waals surface area contributed by atoms with Gasteiger partial charge >= 0.3 is 0 Å². The molecule has 1 aliphatic carbocycles. The van der Waals surface area contributed by atoms with Crippen LogP contribution < -0.4 is 0 Å². The number of amides is 1. The first-order valence-corrected chi connectivity index (χ1v) is 6.28. The van der Waals surface area contributed by atoms with Crippen LogP contribution in [-0.4, -0.2) is 27.3 Å². The van der Waals surface area contributed by atoms with Crippen LogP contribution in [0.1, 0.15) is 11.1 Å². The molecule has 0 radical (unpaired) electrons. The quantitative estimate of drug-likeness (QED) is 0.762. The van der Waals surface area contributed by atoms with Crippen molar-refractivity contribution in [2.24, 2.45) is 4.99 Å². The standard InChI is InChI=1S/C15H12N2O2/c18-12-5-3-4-10-8-15(9-11(10)12)14(19)16-13-6-1-2-7-17(13)15/h1-7,18H,8-9H2. The van der Waals surface area contributed by atoms with Crippen molar-refractivity contribution in [1.29, 1.82) is 0 Å². The van der Waals surface area contributed by atoms with E-state index < -0.39 is 5.54 Å². The number of aromatic hydroxyl groups is 1. The summed E-state index contributed by atoms with van der Waals surface area (Å²) in [6.45, 7) is 0. The molecule has 2 aliphatic heterocycles. The Bertz CT molecular complexity index is 687. The Labute approximate surface area is 110 Å². The topological polar surface area (TPSA) is 52.9 Å². The third-order valence-corrected chi connectivity index (χ3v) is 4.11. The van der Waals surface area contributed by atoms with Gasteiger partial charge in [-0.15, -0.1) is 0 Å². The zero-order chi connectivity index (χ0) is 13.0. The Morgan fingerprint density at radius 2 is 2.16 bits per heavy atom. The molecule has 1 atom stereocenters. The van der Waals surface area contributed by atoms with Gasteiger partial charge in [0.15, 0.2) is 0 Å². The van der Waals surface area contributed by atoms with Crippen molar-refractivity contribution in [1.82, 2.24) is 4.90 Å². The normalized spacial score (nSPS) is 26.8. The number of carbonyl (C=O) groups is 1. The molecule has 3 aliphatic rings. The van der Waals surface area contributed by atoms with Gasteiger partial charge < -0.3 is 10.0 Å². The van der Waals surface area contributed by atoms with Crippen molar-refractivity contribution in [3.8, 4) is 5.75 Å². The van der Waals surface area contributed by atoms with Crippen LogP contribution in [0.15, 0.2) is 47.6 Å². The number of aliphatic imine (C=N–C) groups is 1. The van der Waals surface area contributed by atoms with Crippen LogP contribution in [-0.2, 0) is 17.6 Å². The number of carbonyl (C=O) groups excluding carboxylic acids is 1. The molecular weight excluding hydrogens is 240 g/mol. The summed E-state index contributed by atoms with van der Waals surface area (Å²) in [6, 6.07) is 5.46. The van der Waals surface area contributed by atoms with Gasteiger partial charge in [0, 0.05) is 24.6 Å². The average Bonchev–Trinajstić information content (AvgIpc) is 2.92. The van der Waals surface area contributed by atoms with E-state index in [9.17, 15) is 9.90 Å². The predicted molar refractivity (Wildman–Crippen MR) is 70.8 cm³/mol. The smallest absolute Gasteiger partial charge is 0.274 e. The van der Waals surface area contributed by atoms with Crippen molar-refractivity contribution < 1.29 is 9.90 Å². The summed E-state index contributed by atoms with van der Waals surface area (Å²) in [5.74, 6) is 0.848. The van der Waals surface area contributed by atoms with Crippen molar-refractivity contribution >= 4 is 11.7 Å². The highest BCUT2D eigenvalue weighted by atomic mass is 16.3. The molecule has 1 amide bonds. The lowest BCUT2D eigenvalue weighted by molar-refractivity contribution is -0.124. The monoisotopic (exact) mass is 252 g/mol. The highest BCUT2D eigenvalue weighted by Crippen LogP contribution is 2.42. The minimum Gasteiger partial charge on any atom is -0.508 e. The Morgan fingerprint density at radius 1 is 1.26 bits per heavy atom. The van der Waals surface area contributed by atoms with Crippen LogP contribution in [0.5, 0.6) is 5.75 Å². The van der Waals surface area contributed by atoms with E-state index in [1.165, 1.54) is 0 Å². The van der Waals surface area contributed by atoms with Gasteiger partial charge in [-0.1, -0.05) is 18.2 Å². The molecule has 4 nitrogen and oxygen atoms in total. The third kappa shape index (κ3) is 1.23. The molecule has 94 valence electrons. The number of rotatable bonds is 0. The summed E-state index contributed by atoms with van der Waals surface area (Å²) >= 11 is 0. The van der Waals surface area contributed by atoms with Crippen LogP contribution in [0.3, 0.4) is 0 Å². The number of hydrogen-bond donors (Lipinski definition) is 1. The van der Waals surface area contributed by atoms with E-state index in [1.807, 2.05) is 41.5 Å². The first-order chi connectivity index (χ1) is 9.21. The van der Waals surface area contributed by atoms with E-state index in [4.69, 9.17) is 0 Å². The van der Waals surface area contributed by atoms with Gasteiger partial charge in [-0.05, 0) is 23.8 Å². The number of amidine groups is 1. The molecule has 1 N–H and O–H groups in total. The molecule has 0 saturated heterocycles. The van der Waals surface area contributed by atoms with Crippen LogP contribution in [0, 0.1) is 0 Å². The summed E-state index contributed by atoms with van der Waals surface area (Å²) in [6.07, 6.45) is 8.63. The maximum atomic E-state index is 12.4. The van der Waals surface area contributed by atoms with Gasteiger partial charge in [-0.25, -0.2) is 0 Å². The second-order valence-electron chi connectivity index (χ2n) is 5.15. The Balaban J connectivity index is 1.83. The molecule has 4 rings (SSSR count). The molecular formula is C15H12N2O2. The molecule has 0 bridgehead atoms. The van der Waals surface area contributed by atoms with Gasteiger partial charge in [0.25, 0.3) is 5.91 Å². The van der Waals surface area contributed by atoms with Gasteiger partial charge in [0.05, 0.1) is 0 Å². The number of hydrogen-bond acceptors (Lipinski definition) is 3. The zero-order valence-corrected chi connectivity index (χ0v) is 10.2. The van der Waals surface area contributed by atoms with Crippen molar-refractivity contribution in [3.63, 3.8) is 0 Å². The lowest BCUT2D eigenvalue weighted by Crippen LogP contribution is -2.49. The molecule has 19 heavy (non-hydrogen) atoms. The van der Waals surface area contributed by atoms with Crippen LogP contribution >= 0.6 is 0 Å². The Kier molecular flexibility index (Phi) is 1.86. The summed E-state index contributed by atoms with van der Waals surface area (Å²) in [4.78, 5) is 18.4.